The van der Waals surface area contributed by atoms with E-state index in [4.69, 9.17) is 4.74 Å². The molecule has 0 amide bonds. The Balaban J connectivity index is 0.000001000. The first-order chi connectivity index (χ1) is 4.93. The van der Waals surface area contributed by atoms with E-state index < -0.39 is 0 Å². The Morgan fingerprint density at radius 3 is 2.36 bits per heavy atom. The molecule has 0 spiro atoms. The van der Waals surface area contributed by atoms with Crippen molar-refractivity contribution in [3.63, 3.8) is 0 Å². The van der Waals surface area contributed by atoms with E-state index in [0.717, 1.165) is 0 Å². The first-order valence-electron chi connectivity index (χ1n) is 3.13. The minimum absolute atomic E-state index is 0. The van der Waals surface area contributed by atoms with Crippen molar-refractivity contribution in [2.24, 2.45) is 0 Å². The Bertz CT molecular complexity index is 179. The summed E-state index contributed by atoms with van der Waals surface area (Å²) in [5.41, 5.74) is 1.88. The molecule has 1 rings (SSSR count). The molecule has 0 unspecified atom stereocenters. The molecule has 0 atom stereocenters. The van der Waals surface area contributed by atoms with Crippen LogP contribution >= 0.6 is 0 Å². The predicted molar refractivity (Wildman–Crippen MR) is 41.9 cm³/mol. The van der Waals surface area contributed by atoms with Gasteiger partial charge in [-0.2, -0.15) is 0 Å². The molecule has 0 aliphatic carbocycles. The molecular formula is C8H9AuOSe+. The van der Waals surface area contributed by atoms with Gasteiger partial charge in [0.05, 0.1) is 0 Å². The molecule has 63 valence electrons. The monoisotopic (exact) mass is 398 g/mol. The molecule has 0 N–H and O–H groups in total. The molecule has 1 radical (unpaired) electrons. The summed E-state index contributed by atoms with van der Waals surface area (Å²) in [5.74, 6) is 0. The second kappa shape index (κ2) is 7.11. The Labute approximate surface area is 90.8 Å². The number of benzene rings is 1. The van der Waals surface area contributed by atoms with Crippen molar-refractivity contribution >= 4 is 16.0 Å². The van der Waals surface area contributed by atoms with Crippen LogP contribution in [0.25, 0.3) is 0 Å². The molecule has 0 aliphatic heterocycles. The van der Waals surface area contributed by atoms with Gasteiger partial charge in [-0.25, -0.2) is 0 Å². The zero-order chi connectivity index (χ0) is 7.23. The van der Waals surface area contributed by atoms with Gasteiger partial charge in [0.2, 0.25) is 0 Å². The molecule has 0 bridgehead atoms. The third-order valence-electron chi connectivity index (χ3n) is 1.19. The zero-order valence-corrected chi connectivity index (χ0v) is 9.80. The van der Waals surface area contributed by atoms with Crippen LogP contribution in [0.4, 0.5) is 0 Å². The van der Waals surface area contributed by atoms with Crippen LogP contribution in [0.5, 0.6) is 0 Å². The van der Waals surface area contributed by atoms with Crippen LogP contribution in [-0.2, 0) is 33.7 Å². The Morgan fingerprint density at radius 2 is 1.82 bits per heavy atom. The minimum atomic E-state index is 0. The molecule has 0 aromatic heterocycles. The van der Waals surface area contributed by atoms with Crippen molar-refractivity contribution in [2.45, 2.75) is 6.61 Å². The van der Waals surface area contributed by atoms with Gasteiger partial charge < -0.3 is 0 Å². The first-order valence-corrected chi connectivity index (χ1v) is 4.34. The van der Waals surface area contributed by atoms with Crippen LogP contribution in [-0.4, -0.2) is 21.5 Å². The summed E-state index contributed by atoms with van der Waals surface area (Å²) in [6, 6.07) is 10.1. The van der Waals surface area contributed by atoms with Crippen LogP contribution in [0.15, 0.2) is 30.3 Å². The number of ether oxygens (including phenoxy) is 1. The standard InChI is InChI=1S/C8H9OSe.Au/c10-7-9-6-8-4-2-1-3-5-8;/h1-5H,6-7H2;/q;+1. The van der Waals surface area contributed by atoms with E-state index in [1.807, 2.05) is 18.2 Å². The zero-order valence-electron chi connectivity index (χ0n) is 5.92. The van der Waals surface area contributed by atoms with Gasteiger partial charge >= 0.3 is 91.1 Å². The van der Waals surface area contributed by atoms with Crippen LogP contribution in [0, 0.1) is 0 Å². The summed E-state index contributed by atoms with van der Waals surface area (Å²) >= 11 is 2.79. The topological polar surface area (TPSA) is 9.23 Å². The second-order valence-electron chi connectivity index (χ2n) is 1.95. The number of hydrogen-bond donors (Lipinski definition) is 0. The third-order valence-corrected chi connectivity index (χ3v) is 1.54. The molecule has 1 nitrogen and oxygen atoms in total. The molecule has 0 fully saturated rings. The quantitative estimate of drug-likeness (QED) is 0.700. The fourth-order valence-corrected chi connectivity index (χ4v) is 0.909. The van der Waals surface area contributed by atoms with Crippen LogP contribution in [0.2, 0.25) is 0 Å². The van der Waals surface area contributed by atoms with Gasteiger partial charge in [0.15, 0.2) is 0 Å². The fraction of sp³-hybridized carbons (Fsp3) is 0.250. The molecule has 0 saturated heterocycles. The van der Waals surface area contributed by atoms with E-state index in [9.17, 15) is 0 Å². The Hall–Kier alpha value is 0.440. The molecule has 11 heavy (non-hydrogen) atoms. The van der Waals surface area contributed by atoms with E-state index in [-0.39, 0.29) is 22.4 Å². The summed E-state index contributed by atoms with van der Waals surface area (Å²) in [4.78, 5) is 0. The average molecular weight is 397 g/mol. The SMILES string of the molecule is [Au+].[Se]COCc1ccccc1. The fourth-order valence-electron chi connectivity index (χ4n) is 0.734. The van der Waals surface area contributed by atoms with Crippen LogP contribution < -0.4 is 0 Å². The number of rotatable bonds is 3. The summed E-state index contributed by atoms with van der Waals surface area (Å²) in [5, 5.41) is 0. The van der Waals surface area contributed by atoms with E-state index in [0.29, 0.717) is 12.1 Å². The van der Waals surface area contributed by atoms with E-state index in [1.165, 1.54) is 5.56 Å². The van der Waals surface area contributed by atoms with Crippen LogP contribution in [0.3, 0.4) is 0 Å². The van der Waals surface area contributed by atoms with Gasteiger partial charge in [-0.15, -0.1) is 0 Å². The van der Waals surface area contributed by atoms with E-state index in [1.54, 1.807) is 0 Å². The summed E-state index contributed by atoms with van der Waals surface area (Å²) in [6.45, 7) is 0.702. The average Bonchev–Trinajstić information content (AvgIpc) is 2.03. The van der Waals surface area contributed by atoms with Crippen molar-refractivity contribution < 1.29 is 27.1 Å². The second-order valence-corrected chi connectivity index (χ2v) is 2.45. The molecule has 1 aromatic rings. The van der Waals surface area contributed by atoms with Gasteiger partial charge in [0.25, 0.3) is 0 Å². The van der Waals surface area contributed by atoms with E-state index in [2.05, 4.69) is 28.1 Å². The maximum atomic E-state index is 5.16. The summed E-state index contributed by atoms with van der Waals surface area (Å²) in [7, 11) is 0. The van der Waals surface area contributed by atoms with Gasteiger partial charge in [0.1, 0.15) is 0 Å². The Kier molecular flexibility index (Phi) is 7.39. The molecule has 0 aliphatic rings. The van der Waals surface area contributed by atoms with Gasteiger partial charge in [-0.05, 0) is 0 Å². The Morgan fingerprint density at radius 1 is 1.18 bits per heavy atom. The predicted octanol–water partition coefficient (Wildman–Crippen LogP) is 1.33. The normalized spacial score (nSPS) is 8.82. The maximum absolute atomic E-state index is 5.16. The first kappa shape index (κ1) is 11.4. The number of hydrogen-bond acceptors (Lipinski definition) is 1. The van der Waals surface area contributed by atoms with Crippen molar-refractivity contribution in [3.8, 4) is 0 Å². The molecule has 3 heteroatoms. The van der Waals surface area contributed by atoms with Crippen LogP contribution in [0.1, 0.15) is 5.56 Å². The van der Waals surface area contributed by atoms with Gasteiger partial charge in [0, 0.05) is 0 Å². The summed E-state index contributed by atoms with van der Waals surface area (Å²) < 4.78 is 5.16. The molecule has 1 aromatic carbocycles. The van der Waals surface area contributed by atoms with E-state index >= 15 is 0 Å². The summed E-state index contributed by atoms with van der Waals surface area (Å²) in [6.07, 6.45) is 0. The molecule has 0 heterocycles. The molecule has 0 saturated carbocycles. The van der Waals surface area contributed by atoms with Crippen molar-refractivity contribution in [3.05, 3.63) is 35.9 Å². The molecular weight excluding hydrogens is 388 g/mol. The van der Waals surface area contributed by atoms with Gasteiger partial charge in [-0.3, -0.25) is 0 Å². The van der Waals surface area contributed by atoms with Crippen molar-refractivity contribution in [1.29, 1.82) is 0 Å². The van der Waals surface area contributed by atoms with Crippen molar-refractivity contribution in [1.82, 2.24) is 0 Å². The third kappa shape index (κ3) is 4.81. The van der Waals surface area contributed by atoms with Crippen molar-refractivity contribution in [2.75, 3.05) is 5.51 Å². The van der Waals surface area contributed by atoms with Gasteiger partial charge in [-0.1, -0.05) is 0 Å².